The minimum absolute atomic E-state index is 0.0827. The fourth-order valence-electron chi connectivity index (χ4n) is 13.7. The van der Waals surface area contributed by atoms with Crippen molar-refractivity contribution in [3.63, 3.8) is 0 Å². The summed E-state index contributed by atoms with van der Waals surface area (Å²) in [5.41, 5.74) is -1.98. The van der Waals surface area contributed by atoms with Crippen LogP contribution in [0.3, 0.4) is 0 Å². The second kappa shape index (κ2) is 67.0. The zero-order chi connectivity index (χ0) is 73.9. The van der Waals surface area contributed by atoms with Crippen molar-refractivity contribution in [2.24, 2.45) is 0 Å². The molecule has 0 amide bonds. The third-order valence-electron chi connectivity index (χ3n) is 20.7. The van der Waals surface area contributed by atoms with E-state index in [4.69, 9.17) is 56.8 Å². The minimum atomic E-state index is -1.17. The van der Waals surface area contributed by atoms with Crippen LogP contribution in [0, 0.1) is 0 Å². The first kappa shape index (κ1) is 94.7. The van der Waals surface area contributed by atoms with Gasteiger partial charge in [0.1, 0.15) is 56.4 Å². The molecular weight excluding hydrogens is 1300 g/mol. The average Bonchev–Trinajstić information content (AvgIpc) is 0.788. The predicted molar refractivity (Wildman–Crippen MR) is 405 cm³/mol. The quantitative estimate of drug-likeness (QED) is 0.0314. The Morgan fingerprint density at radius 1 is 0.314 bits per heavy atom. The van der Waals surface area contributed by atoms with Crippen LogP contribution in [0.5, 0.6) is 0 Å². The van der Waals surface area contributed by atoms with Crippen LogP contribution >= 0.6 is 0 Å². The molecule has 0 aromatic rings. The van der Waals surface area contributed by atoms with Crippen LogP contribution in [0.2, 0.25) is 0 Å². The maximum atomic E-state index is 13.8. The molecule has 0 aromatic heterocycles. The molecule has 2 aliphatic heterocycles. The monoisotopic (exact) mass is 1450 g/mol. The van der Waals surface area contributed by atoms with E-state index in [1.807, 2.05) is 20.8 Å². The third kappa shape index (κ3) is 51.0. The molecule has 2 saturated heterocycles. The second-order valence-corrected chi connectivity index (χ2v) is 29.5. The first-order chi connectivity index (χ1) is 49.9. The molecule has 0 saturated carbocycles. The number of hydrogen-bond acceptors (Lipinski definition) is 18. The smallest absolute Gasteiger partial charge is 0.309 e. The highest BCUT2D eigenvalue weighted by Gasteiger charge is 2.51. The third-order valence-corrected chi connectivity index (χ3v) is 20.7. The van der Waals surface area contributed by atoms with Gasteiger partial charge in [-0.1, -0.05) is 311 Å². The van der Waals surface area contributed by atoms with E-state index in [2.05, 4.69) is 20.8 Å². The van der Waals surface area contributed by atoms with Crippen molar-refractivity contribution in [1.82, 2.24) is 0 Å². The van der Waals surface area contributed by atoms with Crippen molar-refractivity contribution in [3.05, 3.63) is 0 Å². The summed E-state index contributed by atoms with van der Waals surface area (Å²) in [7, 11) is 0. The lowest BCUT2D eigenvalue weighted by Gasteiger charge is -2.48. The van der Waals surface area contributed by atoms with Gasteiger partial charge in [-0.05, 0) is 38.5 Å². The van der Waals surface area contributed by atoms with E-state index in [0.717, 1.165) is 57.8 Å². The van der Waals surface area contributed by atoms with Crippen molar-refractivity contribution in [2.45, 2.75) is 424 Å². The maximum absolute atomic E-state index is 13.8. The van der Waals surface area contributed by atoms with Gasteiger partial charge < -0.3 is 56.8 Å². The summed E-state index contributed by atoms with van der Waals surface area (Å²) in [4.78, 5) is 78.3. The molecule has 2 fully saturated rings. The molecule has 6 atom stereocenters. The summed E-state index contributed by atoms with van der Waals surface area (Å²) in [6, 6.07) is 0. The zero-order valence-electron chi connectivity index (χ0n) is 66.3. The molecule has 2 aliphatic rings. The molecule has 102 heavy (non-hydrogen) atoms. The molecule has 2 rings (SSSR count). The summed E-state index contributed by atoms with van der Waals surface area (Å²) in [5, 5.41) is 0. The Labute approximate surface area is 621 Å². The number of ether oxygens (including phenoxy) is 12. The SMILES string of the molecule is CCCCCCCCCCCCCCCCCC(=O)OCCOCCOC(CC)CC(=O)OCC(COC(=O)CC1(CC)OCC1OCCOC(=O)CCCCCCCCCCCCCCCCC)OC(=O)CC1(CC)OCC1OCCOC(=O)CCCCCCCCCCCCCCCCC. The van der Waals surface area contributed by atoms with E-state index < -0.39 is 66.7 Å². The fourth-order valence-corrected chi connectivity index (χ4v) is 13.7. The molecule has 0 aromatic carbocycles. The summed E-state index contributed by atoms with van der Waals surface area (Å²) in [6.45, 7) is 13.4. The van der Waals surface area contributed by atoms with E-state index in [0.29, 0.717) is 38.5 Å². The molecule has 598 valence electrons. The number of carbonyl (C=O) groups is 6. The number of esters is 6. The van der Waals surface area contributed by atoms with Crippen molar-refractivity contribution in [2.75, 3.05) is 79.3 Å². The van der Waals surface area contributed by atoms with Crippen molar-refractivity contribution >= 4 is 35.8 Å². The lowest BCUT2D eigenvalue weighted by molar-refractivity contribution is -0.264. The van der Waals surface area contributed by atoms with Gasteiger partial charge in [-0.25, -0.2) is 0 Å². The summed E-state index contributed by atoms with van der Waals surface area (Å²) in [6.07, 6.45) is 56.2. The zero-order valence-corrected chi connectivity index (χ0v) is 66.3. The topological polar surface area (TPSA) is 213 Å². The molecule has 18 nitrogen and oxygen atoms in total. The minimum Gasteiger partial charge on any atom is -0.463 e. The Balaban J connectivity index is 1.80. The van der Waals surface area contributed by atoms with E-state index in [1.165, 1.54) is 231 Å². The highest BCUT2D eigenvalue weighted by atomic mass is 16.6. The van der Waals surface area contributed by atoms with Gasteiger partial charge in [-0.3, -0.25) is 28.8 Å². The van der Waals surface area contributed by atoms with Crippen LogP contribution in [0.4, 0.5) is 0 Å². The highest BCUT2D eigenvalue weighted by molar-refractivity contribution is 5.73. The molecule has 0 N–H and O–H groups in total. The van der Waals surface area contributed by atoms with Crippen LogP contribution in [-0.4, -0.2) is 151 Å². The molecule has 0 radical (unpaired) electrons. The van der Waals surface area contributed by atoms with Crippen LogP contribution in [0.1, 0.15) is 388 Å². The van der Waals surface area contributed by atoms with Gasteiger partial charge in [0.05, 0.1) is 71.6 Å². The number of rotatable bonds is 77. The van der Waals surface area contributed by atoms with Gasteiger partial charge in [0.25, 0.3) is 0 Å². The molecule has 0 bridgehead atoms. The Hall–Kier alpha value is -3.42. The lowest BCUT2D eigenvalue weighted by Crippen LogP contribution is -2.60. The van der Waals surface area contributed by atoms with E-state index in [1.54, 1.807) is 0 Å². The number of carbonyl (C=O) groups excluding carboxylic acids is 6. The van der Waals surface area contributed by atoms with Gasteiger partial charge in [0.2, 0.25) is 0 Å². The van der Waals surface area contributed by atoms with Crippen LogP contribution in [0.25, 0.3) is 0 Å². The normalized spacial score (nSPS) is 17.7. The molecule has 0 aliphatic carbocycles. The predicted octanol–water partition coefficient (Wildman–Crippen LogP) is 20.5. The molecule has 18 heteroatoms. The molecular formula is C84H154O18. The lowest BCUT2D eigenvalue weighted by atomic mass is 9.85. The summed E-state index contributed by atoms with van der Waals surface area (Å²) < 4.78 is 69.5. The standard InChI is InChI=1S/C84H154O18/c1-7-13-16-19-22-25-28-31-34-37-40-43-46-49-52-55-77(85)95-61-59-91-58-60-92-73(10-4)66-80(88)98-69-74(102-82(90)68-84(12-6)76(72-101-84)94-63-65-97-79(87)57-54-51-48-45-42-39-36-33-30-27-24-21-18-15-9-3)70-99-81(89)67-83(11-5)75(71-100-83)93-62-64-96-78(86)56-53-50-47-44-41-38-35-32-29-26-23-20-17-14-8-2/h73-76H,7-72H2,1-6H3. The van der Waals surface area contributed by atoms with Crippen molar-refractivity contribution < 1.29 is 85.6 Å². The Bertz CT molecular complexity index is 2000. The molecule has 0 spiro atoms. The van der Waals surface area contributed by atoms with Crippen LogP contribution in [-0.2, 0) is 85.6 Å². The van der Waals surface area contributed by atoms with E-state index in [-0.39, 0.29) is 103 Å². The molecule has 2 heterocycles. The van der Waals surface area contributed by atoms with E-state index >= 15 is 0 Å². The van der Waals surface area contributed by atoms with E-state index in [9.17, 15) is 28.8 Å². The summed E-state index contributed by atoms with van der Waals surface area (Å²) >= 11 is 0. The fraction of sp³-hybridized carbons (Fsp3) is 0.929. The van der Waals surface area contributed by atoms with Crippen molar-refractivity contribution in [3.8, 4) is 0 Å². The second-order valence-electron chi connectivity index (χ2n) is 29.5. The largest absolute Gasteiger partial charge is 0.463 e. The Morgan fingerprint density at radius 2 is 0.608 bits per heavy atom. The average molecular weight is 1450 g/mol. The Morgan fingerprint density at radius 3 is 0.912 bits per heavy atom. The van der Waals surface area contributed by atoms with Gasteiger partial charge in [-0.15, -0.1) is 0 Å². The maximum Gasteiger partial charge on any atom is 0.309 e. The summed E-state index contributed by atoms with van der Waals surface area (Å²) in [5.74, 6) is -2.61. The van der Waals surface area contributed by atoms with Crippen molar-refractivity contribution in [1.29, 1.82) is 0 Å². The molecule has 6 unspecified atom stereocenters. The van der Waals surface area contributed by atoms with Gasteiger partial charge >= 0.3 is 35.8 Å². The Kier molecular flexibility index (Phi) is 62.2. The van der Waals surface area contributed by atoms with Gasteiger partial charge in [0, 0.05) is 19.3 Å². The number of hydrogen-bond donors (Lipinski definition) is 0. The first-order valence-corrected chi connectivity index (χ1v) is 42.6. The van der Waals surface area contributed by atoms with Gasteiger partial charge in [0.15, 0.2) is 6.10 Å². The first-order valence-electron chi connectivity index (χ1n) is 42.6. The number of unbranched alkanes of at least 4 members (excludes halogenated alkanes) is 42. The highest BCUT2D eigenvalue weighted by Crippen LogP contribution is 2.38. The van der Waals surface area contributed by atoms with Crippen LogP contribution < -0.4 is 0 Å². The van der Waals surface area contributed by atoms with Crippen LogP contribution in [0.15, 0.2) is 0 Å². The van der Waals surface area contributed by atoms with Gasteiger partial charge in [-0.2, -0.15) is 0 Å².